The van der Waals surface area contributed by atoms with Crippen LogP contribution in [0.4, 0.5) is 0 Å². The topological polar surface area (TPSA) is 40.6 Å². The number of hydrogen-bond donors (Lipinski definition) is 0. The normalized spacial score (nSPS) is 17.6. The first-order valence-corrected chi connectivity index (χ1v) is 7.49. The van der Waals surface area contributed by atoms with Gasteiger partial charge in [-0.2, -0.15) is 0 Å². The van der Waals surface area contributed by atoms with Crippen LogP contribution in [0.5, 0.6) is 0 Å². The molecule has 1 aromatic heterocycles. The summed E-state index contributed by atoms with van der Waals surface area (Å²) in [5.41, 5.74) is 0.446. The van der Waals surface area contributed by atoms with Crippen molar-refractivity contribution in [1.29, 1.82) is 0 Å². The van der Waals surface area contributed by atoms with Crippen LogP contribution >= 0.6 is 34.5 Å². The second-order valence-electron chi connectivity index (χ2n) is 4.54. The molecule has 0 unspecified atom stereocenters. The molecule has 1 saturated heterocycles. The molecule has 2 heterocycles. The smallest absolute Gasteiger partial charge is 0.236 e. The van der Waals surface area contributed by atoms with Crippen LogP contribution in [0.1, 0.15) is 16.8 Å². The van der Waals surface area contributed by atoms with Crippen molar-refractivity contribution < 1.29 is 9.59 Å². The molecule has 0 bridgehead atoms. The van der Waals surface area contributed by atoms with E-state index in [1.54, 1.807) is 18.0 Å². The second-order valence-corrected chi connectivity index (χ2v) is 6.83. The highest BCUT2D eigenvalue weighted by molar-refractivity contribution is 7.20. The van der Waals surface area contributed by atoms with Gasteiger partial charge in [-0.25, -0.2) is 0 Å². The Labute approximate surface area is 125 Å². The SMILES string of the molecule is CN1CCCN(CC(=O)c2cc(Cl)sc2Cl)CC1=O. The Bertz CT molecular complexity index is 504. The predicted molar refractivity (Wildman–Crippen MR) is 77.4 cm³/mol. The van der Waals surface area contributed by atoms with Crippen LogP contribution in [-0.2, 0) is 4.79 Å². The molecular weight excluding hydrogens is 307 g/mol. The fourth-order valence-corrected chi connectivity index (χ4v) is 3.50. The number of carbonyl (C=O) groups excluding carboxylic acids is 2. The minimum atomic E-state index is -0.0921. The first-order valence-electron chi connectivity index (χ1n) is 5.91. The van der Waals surface area contributed by atoms with Gasteiger partial charge in [0.15, 0.2) is 5.78 Å². The van der Waals surface area contributed by atoms with E-state index in [1.165, 1.54) is 11.3 Å². The summed E-state index contributed by atoms with van der Waals surface area (Å²) in [7, 11) is 1.78. The van der Waals surface area contributed by atoms with Crippen LogP contribution in [0.15, 0.2) is 6.07 Å². The molecule has 0 aliphatic carbocycles. The van der Waals surface area contributed by atoms with Gasteiger partial charge in [0.2, 0.25) is 5.91 Å². The molecular formula is C12H14Cl2N2O2S. The molecule has 4 nitrogen and oxygen atoms in total. The van der Waals surface area contributed by atoms with Crippen molar-refractivity contribution in [3.05, 3.63) is 20.3 Å². The summed E-state index contributed by atoms with van der Waals surface area (Å²) < 4.78 is 0.910. The Hall–Kier alpha value is -0.620. The summed E-state index contributed by atoms with van der Waals surface area (Å²) in [4.78, 5) is 27.4. The molecule has 0 atom stereocenters. The number of nitrogens with zero attached hydrogens (tertiary/aromatic N) is 2. The highest BCUT2D eigenvalue weighted by atomic mass is 35.5. The zero-order valence-electron chi connectivity index (χ0n) is 10.5. The van der Waals surface area contributed by atoms with Gasteiger partial charge in [0.05, 0.1) is 23.0 Å². The molecule has 0 saturated carbocycles. The number of amides is 1. The summed E-state index contributed by atoms with van der Waals surface area (Å²) in [5, 5.41) is 0. The zero-order valence-corrected chi connectivity index (χ0v) is 12.8. The van der Waals surface area contributed by atoms with Gasteiger partial charge in [-0.1, -0.05) is 23.2 Å². The van der Waals surface area contributed by atoms with Crippen LogP contribution in [0.25, 0.3) is 0 Å². The Morgan fingerprint density at radius 1 is 1.42 bits per heavy atom. The van der Waals surface area contributed by atoms with E-state index < -0.39 is 0 Å². The lowest BCUT2D eigenvalue weighted by Crippen LogP contribution is -2.37. The fourth-order valence-electron chi connectivity index (χ4n) is 2.00. The summed E-state index contributed by atoms with van der Waals surface area (Å²) in [6, 6.07) is 1.59. The lowest BCUT2D eigenvalue weighted by Gasteiger charge is -2.18. The van der Waals surface area contributed by atoms with Gasteiger partial charge in [-0.15, -0.1) is 11.3 Å². The van der Waals surface area contributed by atoms with Crippen LogP contribution in [0, 0.1) is 0 Å². The van der Waals surface area contributed by atoms with E-state index in [0.717, 1.165) is 19.5 Å². The third-order valence-corrected chi connectivity index (χ3v) is 4.56. The third-order valence-electron chi connectivity index (χ3n) is 3.08. The number of Topliss-reactive ketones (excluding diaryl/α,β-unsaturated/α-hetero) is 1. The number of rotatable bonds is 3. The molecule has 0 N–H and O–H groups in total. The number of thiophene rings is 1. The first kappa shape index (κ1) is 14.8. The Morgan fingerprint density at radius 3 is 2.79 bits per heavy atom. The van der Waals surface area contributed by atoms with Gasteiger partial charge in [0.25, 0.3) is 0 Å². The molecule has 1 aliphatic heterocycles. The zero-order chi connectivity index (χ0) is 14.0. The highest BCUT2D eigenvalue weighted by Crippen LogP contribution is 2.31. The number of hydrogen-bond acceptors (Lipinski definition) is 4. The van der Waals surface area contributed by atoms with Crippen molar-refractivity contribution in [3.8, 4) is 0 Å². The van der Waals surface area contributed by atoms with Crippen molar-refractivity contribution in [2.45, 2.75) is 6.42 Å². The van der Waals surface area contributed by atoms with Gasteiger partial charge in [-0.05, 0) is 12.5 Å². The van der Waals surface area contributed by atoms with E-state index >= 15 is 0 Å². The van der Waals surface area contributed by atoms with E-state index in [-0.39, 0.29) is 24.8 Å². The fraction of sp³-hybridized carbons (Fsp3) is 0.500. The molecule has 19 heavy (non-hydrogen) atoms. The summed E-state index contributed by atoms with van der Waals surface area (Å²) in [6.45, 7) is 1.94. The Balaban J connectivity index is 2.02. The average Bonchev–Trinajstić information content (AvgIpc) is 2.59. The molecule has 104 valence electrons. The summed E-state index contributed by atoms with van der Waals surface area (Å²) in [5.74, 6) is -0.0507. The third kappa shape index (κ3) is 3.69. The monoisotopic (exact) mass is 320 g/mol. The van der Waals surface area contributed by atoms with Gasteiger partial charge in [0.1, 0.15) is 4.34 Å². The number of ketones is 1. The van der Waals surface area contributed by atoms with Gasteiger partial charge in [0, 0.05) is 20.1 Å². The van der Waals surface area contributed by atoms with Crippen molar-refractivity contribution in [2.75, 3.05) is 33.2 Å². The van der Waals surface area contributed by atoms with E-state index in [1.807, 2.05) is 4.90 Å². The minimum Gasteiger partial charge on any atom is -0.345 e. The Kier molecular flexibility index (Phi) is 4.84. The first-order chi connectivity index (χ1) is 8.97. The van der Waals surface area contributed by atoms with Crippen LogP contribution in [0.3, 0.4) is 0 Å². The number of carbonyl (C=O) groups is 2. The largest absolute Gasteiger partial charge is 0.345 e. The molecule has 1 fully saturated rings. The van der Waals surface area contributed by atoms with Crippen LogP contribution in [-0.4, -0.2) is 54.7 Å². The van der Waals surface area contributed by atoms with E-state index in [2.05, 4.69) is 0 Å². The van der Waals surface area contributed by atoms with E-state index in [9.17, 15) is 9.59 Å². The molecule has 0 radical (unpaired) electrons. The maximum atomic E-state index is 12.1. The minimum absolute atomic E-state index is 0.0414. The molecule has 2 rings (SSSR count). The highest BCUT2D eigenvalue weighted by Gasteiger charge is 2.22. The number of halogens is 2. The van der Waals surface area contributed by atoms with Crippen LogP contribution < -0.4 is 0 Å². The van der Waals surface area contributed by atoms with Crippen molar-refractivity contribution in [2.24, 2.45) is 0 Å². The standard InChI is InChI=1S/C12H14Cl2N2O2S/c1-15-3-2-4-16(7-11(15)18)6-9(17)8-5-10(13)19-12(8)14/h5H,2-4,6-7H2,1H3. The van der Waals surface area contributed by atoms with Crippen molar-refractivity contribution in [1.82, 2.24) is 9.80 Å². The maximum absolute atomic E-state index is 12.1. The lowest BCUT2D eigenvalue weighted by molar-refractivity contribution is -0.129. The molecule has 7 heteroatoms. The molecule has 1 aromatic rings. The molecule has 1 aliphatic rings. The van der Waals surface area contributed by atoms with Gasteiger partial charge >= 0.3 is 0 Å². The summed E-state index contributed by atoms with van der Waals surface area (Å²) >= 11 is 13.0. The number of likely N-dealkylation sites (N-methyl/N-ethyl adjacent to an activating group) is 1. The maximum Gasteiger partial charge on any atom is 0.236 e. The summed E-state index contributed by atoms with van der Waals surface area (Å²) in [6.07, 6.45) is 0.869. The lowest BCUT2D eigenvalue weighted by atomic mass is 10.2. The van der Waals surface area contributed by atoms with Gasteiger partial charge in [-0.3, -0.25) is 14.5 Å². The quantitative estimate of drug-likeness (QED) is 0.803. The molecule has 0 spiro atoms. The van der Waals surface area contributed by atoms with E-state index in [0.29, 0.717) is 14.2 Å². The predicted octanol–water partition coefficient (Wildman–Crippen LogP) is 2.40. The molecule has 0 aromatic carbocycles. The van der Waals surface area contributed by atoms with Crippen LogP contribution in [0.2, 0.25) is 8.67 Å². The molecule has 1 amide bonds. The average molecular weight is 321 g/mol. The van der Waals surface area contributed by atoms with Crippen molar-refractivity contribution in [3.63, 3.8) is 0 Å². The Morgan fingerprint density at radius 2 is 2.16 bits per heavy atom. The van der Waals surface area contributed by atoms with E-state index in [4.69, 9.17) is 23.2 Å². The van der Waals surface area contributed by atoms with Crippen molar-refractivity contribution >= 4 is 46.2 Å². The van der Waals surface area contributed by atoms with Gasteiger partial charge < -0.3 is 4.90 Å². The second kappa shape index (κ2) is 6.22.